The lowest BCUT2D eigenvalue weighted by Crippen LogP contribution is -1.77. The van der Waals surface area contributed by atoms with Crippen LogP contribution in [0.1, 0.15) is 13.8 Å². The first-order chi connectivity index (χ1) is 4.31. The molecule has 0 aromatic rings. The van der Waals surface area contributed by atoms with Crippen LogP contribution in [0.15, 0.2) is 16.6 Å². The van der Waals surface area contributed by atoms with Crippen molar-refractivity contribution in [2.24, 2.45) is 4.99 Å². The number of allylic oxidation sites excluding steroid dienone is 2. The van der Waals surface area contributed by atoms with E-state index in [9.17, 15) is 4.79 Å². The molecule has 0 aromatic carbocycles. The zero-order valence-electron chi connectivity index (χ0n) is 5.79. The Hall–Kier alpha value is -0.920. The van der Waals surface area contributed by atoms with Gasteiger partial charge in [-0.3, -0.25) is 9.79 Å². The van der Waals surface area contributed by atoms with E-state index in [-0.39, 0.29) is 0 Å². The maximum atomic E-state index is 9.97. The molecule has 0 aliphatic carbocycles. The van der Waals surface area contributed by atoms with Crippen LogP contribution in [0, 0.1) is 0 Å². The summed E-state index contributed by atoms with van der Waals surface area (Å²) in [5.74, 6) is 0. The highest BCUT2D eigenvalue weighted by Crippen LogP contribution is 1.81. The molecule has 0 radical (unpaired) electrons. The summed E-state index contributed by atoms with van der Waals surface area (Å²) in [7, 11) is 0. The van der Waals surface area contributed by atoms with Crippen molar-refractivity contribution in [3.63, 3.8) is 0 Å². The predicted octanol–water partition coefficient (Wildman–Crippen LogP) is 1.22. The van der Waals surface area contributed by atoms with Crippen LogP contribution in [0.25, 0.3) is 0 Å². The number of carbonyl (C=O) groups is 1. The third kappa shape index (κ3) is 4.94. The van der Waals surface area contributed by atoms with Crippen molar-refractivity contribution in [1.82, 2.24) is 0 Å². The number of hydrogen-bond acceptors (Lipinski definition) is 2. The maximum absolute atomic E-state index is 9.97. The lowest BCUT2D eigenvalue weighted by molar-refractivity contribution is -0.104. The number of hydrogen-bond donors (Lipinski definition) is 0. The van der Waals surface area contributed by atoms with E-state index in [4.69, 9.17) is 0 Å². The van der Waals surface area contributed by atoms with Gasteiger partial charge in [-0.15, -0.1) is 0 Å². The fourth-order valence-electron chi connectivity index (χ4n) is 0.315. The van der Waals surface area contributed by atoms with E-state index in [1.165, 1.54) is 0 Å². The molecule has 0 atom stereocenters. The Labute approximate surface area is 55.3 Å². The predicted molar refractivity (Wildman–Crippen MR) is 38.9 cm³/mol. The van der Waals surface area contributed by atoms with Crippen molar-refractivity contribution in [1.29, 1.82) is 0 Å². The zero-order valence-corrected chi connectivity index (χ0v) is 5.79. The SMILES string of the molecule is CCN=C/C=C(\C)C=O. The van der Waals surface area contributed by atoms with E-state index in [2.05, 4.69) is 4.99 Å². The number of rotatable bonds is 3. The molecule has 0 saturated heterocycles. The van der Waals surface area contributed by atoms with Crippen LogP contribution < -0.4 is 0 Å². The average molecular weight is 125 g/mol. The van der Waals surface area contributed by atoms with E-state index in [1.807, 2.05) is 6.92 Å². The Balaban J connectivity index is 3.68. The normalized spacial score (nSPS) is 12.4. The minimum atomic E-state index is 0.701. The standard InChI is InChI=1S/C7H11NO/c1-3-8-5-4-7(2)6-9/h4-6H,3H2,1-2H3/b7-4+,8-5?. The first-order valence-corrected chi connectivity index (χ1v) is 2.93. The molecule has 0 saturated carbocycles. The summed E-state index contributed by atoms with van der Waals surface area (Å²) < 4.78 is 0. The van der Waals surface area contributed by atoms with Crippen LogP contribution >= 0.6 is 0 Å². The van der Waals surface area contributed by atoms with Crippen LogP contribution in [0.3, 0.4) is 0 Å². The Kier molecular flexibility index (Phi) is 4.69. The molecule has 0 heterocycles. The van der Waals surface area contributed by atoms with Gasteiger partial charge in [-0.1, -0.05) is 0 Å². The van der Waals surface area contributed by atoms with E-state index >= 15 is 0 Å². The van der Waals surface area contributed by atoms with E-state index < -0.39 is 0 Å². The van der Waals surface area contributed by atoms with Gasteiger partial charge in [-0.05, 0) is 25.5 Å². The van der Waals surface area contributed by atoms with Crippen molar-refractivity contribution in [3.8, 4) is 0 Å². The molecule has 0 aromatic heterocycles. The van der Waals surface area contributed by atoms with Crippen LogP contribution in [0.4, 0.5) is 0 Å². The second kappa shape index (κ2) is 5.22. The minimum Gasteiger partial charge on any atom is -0.298 e. The lowest BCUT2D eigenvalue weighted by atomic mass is 10.3. The lowest BCUT2D eigenvalue weighted by Gasteiger charge is -1.79. The van der Waals surface area contributed by atoms with Crippen molar-refractivity contribution >= 4 is 12.5 Å². The topological polar surface area (TPSA) is 29.4 Å². The quantitative estimate of drug-likeness (QED) is 0.317. The number of aliphatic imine (C=N–C) groups is 1. The van der Waals surface area contributed by atoms with Gasteiger partial charge in [0, 0.05) is 12.8 Å². The molecule has 0 bridgehead atoms. The summed E-state index contributed by atoms with van der Waals surface area (Å²) in [4.78, 5) is 13.9. The van der Waals surface area contributed by atoms with Gasteiger partial charge in [0.05, 0.1) is 0 Å². The highest BCUT2D eigenvalue weighted by atomic mass is 16.1. The molecule has 0 spiro atoms. The van der Waals surface area contributed by atoms with Gasteiger partial charge in [-0.25, -0.2) is 0 Å². The van der Waals surface area contributed by atoms with Gasteiger partial charge in [0.2, 0.25) is 0 Å². The zero-order chi connectivity index (χ0) is 7.11. The summed E-state index contributed by atoms with van der Waals surface area (Å²) in [6, 6.07) is 0. The van der Waals surface area contributed by atoms with Crippen molar-refractivity contribution in [2.75, 3.05) is 6.54 Å². The van der Waals surface area contributed by atoms with E-state index in [0.717, 1.165) is 12.8 Å². The molecular formula is C7H11NO. The third-order valence-corrected chi connectivity index (χ3v) is 0.811. The van der Waals surface area contributed by atoms with Crippen molar-refractivity contribution < 1.29 is 4.79 Å². The van der Waals surface area contributed by atoms with E-state index in [0.29, 0.717) is 5.57 Å². The van der Waals surface area contributed by atoms with Gasteiger partial charge in [0.1, 0.15) is 6.29 Å². The second-order valence-electron chi connectivity index (χ2n) is 1.68. The average Bonchev–Trinajstić information content (AvgIpc) is 1.89. The molecule has 0 aliphatic rings. The van der Waals surface area contributed by atoms with E-state index in [1.54, 1.807) is 19.2 Å². The molecular weight excluding hydrogens is 114 g/mol. The summed E-state index contributed by atoms with van der Waals surface area (Å²) in [5, 5.41) is 0. The Morgan fingerprint density at radius 3 is 2.78 bits per heavy atom. The Bertz CT molecular complexity index is 136. The molecule has 50 valence electrons. The Morgan fingerprint density at radius 2 is 2.33 bits per heavy atom. The van der Waals surface area contributed by atoms with Gasteiger partial charge in [0.15, 0.2) is 0 Å². The fourth-order valence-corrected chi connectivity index (χ4v) is 0.315. The summed E-state index contributed by atoms with van der Waals surface area (Å²) in [6.07, 6.45) is 4.14. The Morgan fingerprint density at radius 1 is 1.67 bits per heavy atom. The number of aldehydes is 1. The second-order valence-corrected chi connectivity index (χ2v) is 1.68. The monoisotopic (exact) mass is 125 g/mol. The van der Waals surface area contributed by atoms with Gasteiger partial charge in [0.25, 0.3) is 0 Å². The maximum Gasteiger partial charge on any atom is 0.145 e. The summed E-state index contributed by atoms with van der Waals surface area (Å²) in [6.45, 7) is 4.46. The highest BCUT2D eigenvalue weighted by Gasteiger charge is 1.76. The molecule has 0 amide bonds. The summed E-state index contributed by atoms with van der Waals surface area (Å²) >= 11 is 0. The molecule has 9 heavy (non-hydrogen) atoms. The number of nitrogens with zero attached hydrogens (tertiary/aromatic N) is 1. The van der Waals surface area contributed by atoms with Crippen molar-refractivity contribution in [3.05, 3.63) is 11.6 Å². The minimum absolute atomic E-state index is 0.701. The van der Waals surface area contributed by atoms with Crippen LogP contribution in [-0.2, 0) is 4.79 Å². The molecule has 2 nitrogen and oxygen atoms in total. The molecule has 0 rings (SSSR count). The van der Waals surface area contributed by atoms with Crippen molar-refractivity contribution in [2.45, 2.75) is 13.8 Å². The molecule has 0 N–H and O–H groups in total. The van der Waals surface area contributed by atoms with Gasteiger partial charge < -0.3 is 0 Å². The molecule has 2 heteroatoms. The largest absolute Gasteiger partial charge is 0.298 e. The number of carbonyl (C=O) groups excluding carboxylic acids is 1. The molecule has 0 fully saturated rings. The summed E-state index contributed by atoms with van der Waals surface area (Å²) in [5.41, 5.74) is 0.701. The fraction of sp³-hybridized carbons (Fsp3) is 0.429. The molecule has 0 unspecified atom stereocenters. The molecule has 0 aliphatic heterocycles. The van der Waals surface area contributed by atoms with Crippen LogP contribution in [0.5, 0.6) is 0 Å². The van der Waals surface area contributed by atoms with Crippen LogP contribution in [-0.4, -0.2) is 19.0 Å². The van der Waals surface area contributed by atoms with Gasteiger partial charge in [-0.2, -0.15) is 0 Å². The first kappa shape index (κ1) is 8.08. The van der Waals surface area contributed by atoms with Crippen LogP contribution in [0.2, 0.25) is 0 Å². The third-order valence-electron chi connectivity index (χ3n) is 0.811. The highest BCUT2D eigenvalue weighted by molar-refractivity contribution is 5.83. The first-order valence-electron chi connectivity index (χ1n) is 2.93. The van der Waals surface area contributed by atoms with Gasteiger partial charge >= 0.3 is 0 Å². The smallest absolute Gasteiger partial charge is 0.145 e.